The molecule has 0 aliphatic heterocycles. The number of hydrogen-bond donors (Lipinski definition) is 0. The number of thiazole rings is 1. The molecule has 0 amide bonds. The second kappa shape index (κ2) is 4.13. The van der Waals surface area contributed by atoms with Crippen LogP contribution in [0.15, 0.2) is 32.7 Å². The van der Waals surface area contributed by atoms with E-state index in [1.165, 1.54) is 11.1 Å². The number of aromatic nitrogens is 1. The molecule has 1 aromatic heterocycles. The van der Waals surface area contributed by atoms with Crippen molar-refractivity contribution >= 4 is 43.2 Å². The van der Waals surface area contributed by atoms with Gasteiger partial charge in [0.1, 0.15) is 5.01 Å². The van der Waals surface area contributed by atoms with E-state index >= 15 is 0 Å². The summed E-state index contributed by atoms with van der Waals surface area (Å²) in [4.78, 5) is 4.33. The molecule has 1 nitrogen and oxygen atoms in total. The average molecular weight is 333 g/mol. The van der Waals surface area contributed by atoms with Crippen LogP contribution in [0.5, 0.6) is 0 Å². The quantitative estimate of drug-likeness (QED) is 0.741. The van der Waals surface area contributed by atoms with Crippen LogP contribution < -0.4 is 0 Å². The molecular formula is C10H7Br2NS. The van der Waals surface area contributed by atoms with Crippen LogP contribution in [0.1, 0.15) is 5.56 Å². The summed E-state index contributed by atoms with van der Waals surface area (Å²) in [5.41, 5.74) is 2.44. The summed E-state index contributed by atoms with van der Waals surface area (Å²) in [6.07, 6.45) is 1.83. The third kappa shape index (κ3) is 2.07. The van der Waals surface area contributed by atoms with Crippen molar-refractivity contribution < 1.29 is 0 Å². The number of aryl methyl sites for hydroxylation is 1. The molecular weight excluding hydrogens is 326 g/mol. The van der Waals surface area contributed by atoms with Gasteiger partial charge in [0, 0.05) is 10.0 Å². The molecule has 0 aliphatic carbocycles. The lowest BCUT2D eigenvalue weighted by Crippen LogP contribution is -1.81. The molecule has 0 fully saturated rings. The van der Waals surface area contributed by atoms with E-state index in [1.54, 1.807) is 11.3 Å². The standard InChI is InChI=1S/C10H7Br2NS/c1-6-4-7(11)2-3-8(6)10-13-5-9(12)14-10/h2-5H,1H3. The van der Waals surface area contributed by atoms with Gasteiger partial charge in [0.2, 0.25) is 0 Å². The van der Waals surface area contributed by atoms with E-state index in [4.69, 9.17) is 0 Å². The molecule has 0 radical (unpaired) electrons. The molecule has 1 aromatic carbocycles. The fourth-order valence-corrected chi connectivity index (χ4v) is 3.02. The van der Waals surface area contributed by atoms with Crippen molar-refractivity contribution in [2.45, 2.75) is 6.92 Å². The zero-order valence-corrected chi connectivity index (χ0v) is 11.4. The monoisotopic (exact) mass is 331 g/mol. The van der Waals surface area contributed by atoms with Crippen molar-refractivity contribution in [3.63, 3.8) is 0 Å². The molecule has 14 heavy (non-hydrogen) atoms. The highest BCUT2D eigenvalue weighted by molar-refractivity contribution is 9.11. The fraction of sp³-hybridized carbons (Fsp3) is 0.100. The van der Waals surface area contributed by atoms with E-state index in [1.807, 2.05) is 12.3 Å². The van der Waals surface area contributed by atoms with Gasteiger partial charge >= 0.3 is 0 Å². The van der Waals surface area contributed by atoms with E-state index in [9.17, 15) is 0 Å². The number of halogens is 2. The van der Waals surface area contributed by atoms with Crippen molar-refractivity contribution in [1.29, 1.82) is 0 Å². The van der Waals surface area contributed by atoms with Crippen molar-refractivity contribution in [3.05, 3.63) is 38.2 Å². The maximum absolute atomic E-state index is 4.33. The smallest absolute Gasteiger partial charge is 0.124 e. The van der Waals surface area contributed by atoms with Gasteiger partial charge < -0.3 is 0 Å². The molecule has 2 rings (SSSR count). The molecule has 72 valence electrons. The summed E-state index contributed by atoms with van der Waals surface area (Å²) in [5.74, 6) is 0. The van der Waals surface area contributed by atoms with Crippen LogP contribution >= 0.6 is 43.2 Å². The predicted octanol–water partition coefficient (Wildman–Crippen LogP) is 4.64. The molecule has 0 unspecified atom stereocenters. The highest BCUT2D eigenvalue weighted by Crippen LogP contribution is 2.31. The highest BCUT2D eigenvalue weighted by atomic mass is 79.9. The van der Waals surface area contributed by atoms with Crippen LogP contribution in [0, 0.1) is 6.92 Å². The van der Waals surface area contributed by atoms with Gasteiger partial charge in [-0.2, -0.15) is 0 Å². The van der Waals surface area contributed by atoms with Crippen LogP contribution in [0.4, 0.5) is 0 Å². The summed E-state index contributed by atoms with van der Waals surface area (Å²) in [5, 5.41) is 1.06. The Morgan fingerprint density at radius 1 is 1.29 bits per heavy atom. The molecule has 0 atom stereocenters. The first-order chi connectivity index (χ1) is 6.66. The number of nitrogens with zero attached hydrogens (tertiary/aromatic N) is 1. The molecule has 1 heterocycles. The third-order valence-corrected chi connectivity index (χ3v) is 3.90. The zero-order valence-electron chi connectivity index (χ0n) is 7.42. The van der Waals surface area contributed by atoms with Gasteiger partial charge in [0.25, 0.3) is 0 Å². The van der Waals surface area contributed by atoms with Crippen molar-refractivity contribution in [2.75, 3.05) is 0 Å². The number of hydrogen-bond acceptors (Lipinski definition) is 2. The second-order valence-corrected chi connectivity index (χ2v) is 6.25. The number of benzene rings is 1. The Hall–Kier alpha value is -0.190. The topological polar surface area (TPSA) is 12.9 Å². The van der Waals surface area contributed by atoms with E-state index in [2.05, 4.69) is 55.9 Å². The largest absolute Gasteiger partial charge is 0.243 e. The Morgan fingerprint density at radius 2 is 2.07 bits per heavy atom. The maximum atomic E-state index is 4.33. The Balaban J connectivity index is 2.52. The van der Waals surface area contributed by atoms with Gasteiger partial charge in [-0.15, -0.1) is 11.3 Å². The Labute approximate surface area is 103 Å². The van der Waals surface area contributed by atoms with Crippen LogP contribution in [0.3, 0.4) is 0 Å². The second-order valence-electron chi connectivity index (χ2n) is 2.93. The molecule has 0 saturated heterocycles. The molecule has 0 bridgehead atoms. The van der Waals surface area contributed by atoms with Gasteiger partial charge in [-0.25, -0.2) is 4.98 Å². The van der Waals surface area contributed by atoms with Gasteiger partial charge in [0.05, 0.1) is 9.98 Å². The van der Waals surface area contributed by atoms with Crippen LogP contribution in [0.2, 0.25) is 0 Å². The maximum Gasteiger partial charge on any atom is 0.124 e. The Morgan fingerprint density at radius 3 is 2.64 bits per heavy atom. The lowest BCUT2D eigenvalue weighted by atomic mass is 10.1. The van der Waals surface area contributed by atoms with E-state index in [-0.39, 0.29) is 0 Å². The molecule has 0 saturated carbocycles. The molecule has 0 aliphatic rings. The van der Waals surface area contributed by atoms with Gasteiger partial charge in [-0.3, -0.25) is 0 Å². The summed E-state index contributed by atoms with van der Waals surface area (Å²) in [6, 6.07) is 6.23. The molecule has 4 heteroatoms. The summed E-state index contributed by atoms with van der Waals surface area (Å²) < 4.78 is 2.17. The highest BCUT2D eigenvalue weighted by Gasteiger charge is 2.06. The summed E-state index contributed by atoms with van der Waals surface area (Å²) in [6.45, 7) is 2.09. The molecule has 0 spiro atoms. The van der Waals surface area contributed by atoms with Crippen molar-refractivity contribution in [2.24, 2.45) is 0 Å². The zero-order chi connectivity index (χ0) is 10.1. The van der Waals surface area contributed by atoms with Crippen molar-refractivity contribution in [3.8, 4) is 10.6 Å². The first-order valence-electron chi connectivity index (χ1n) is 4.04. The lowest BCUT2D eigenvalue weighted by molar-refractivity contribution is 1.37. The SMILES string of the molecule is Cc1cc(Br)ccc1-c1ncc(Br)s1. The third-order valence-electron chi connectivity index (χ3n) is 1.90. The van der Waals surface area contributed by atoms with E-state index < -0.39 is 0 Å². The first kappa shape index (κ1) is 10.3. The minimum Gasteiger partial charge on any atom is -0.243 e. The minimum absolute atomic E-state index is 1.06. The average Bonchev–Trinajstić information content (AvgIpc) is 2.51. The Kier molecular flexibility index (Phi) is 3.04. The first-order valence-corrected chi connectivity index (χ1v) is 6.45. The predicted molar refractivity (Wildman–Crippen MR) is 67.7 cm³/mol. The van der Waals surface area contributed by atoms with Crippen LogP contribution in [-0.4, -0.2) is 4.98 Å². The van der Waals surface area contributed by atoms with Gasteiger partial charge in [0.15, 0.2) is 0 Å². The van der Waals surface area contributed by atoms with Crippen LogP contribution in [-0.2, 0) is 0 Å². The summed E-state index contributed by atoms with van der Waals surface area (Å²) in [7, 11) is 0. The molecule has 0 N–H and O–H groups in total. The fourth-order valence-electron chi connectivity index (χ4n) is 1.25. The lowest BCUT2D eigenvalue weighted by Gasteiger charge is -2.01. The van der Waals surface area contributed by atoms with E-state index in [0.717, 1.165) is 13.3 Å². The Bertz CT molecular complexity index is 465. The number of rotatable bonds is 1. The van der Waals surface area contributed by atoms with Crippen LogP contribution in [0.25, 0.3) is 10.6 Å². The molecule has 2 aromatic rings. The van der Waals surface area contributed by atoms with Gasteiger partial charge in [-0.1, -0.05) is 22.0 Å². The minimum atomic E-state index is 1.06. The van der Waals surface area contributed by atoms with Gasteiger partial charge in [-0.05, 0) is 40.5 Å². The summed E-state index contributed by atoms with van der Waals surface area (Å²) >= 11 is 8.51. The van der Waals surface area contributed by atoms with E-state index in [0.29, 0.717) is 0 Å². The van der Waals surface area contributed by atoms with Crippen molar-refractivity contribution in [1.82, 2.24) is 4.98 Å². The normalized spacial score (nSPS) is 10.5.